The molecule has 0 amide bonds. The topological polar surface area (TPSA) is 9.23 Å². The van der Waals surface area contributed by atoms with E-state index in [1.807, 2.05) is 0 Å². The summed E-state index contributed by atoms with van der Waals surface area (Å²) in [6.45, 7) is 0. The van der Waals surface area contributed by atoms with Gasteiger partial charge in [-0.1, -0.05) is 6.07 Å². The average Bonchev–Trinajstić information content (AvgIpc) is 2.78. The van der Waals surface area contributed by atoms with Crippen molar-refractivity contribution < 1.29 is 4.74 Å². The second-order valence-corrected chi connectivity index (χ2v) is 7.37. The van der Waals surface area contributed by atoms with Crippen molar-refractivity contribution in [3.8, 4) is 5.75 Å². The van der Waals surface area contributed by atoms with Gasteiger partial charge >= 0.3 is 0 Å². The minimum atomic E-state index is 0.375. The van der Waals surface area contributed by atoms with Crippen LogP contribution in [0.15, 0.2) is 18.2 Å². The van der Waals surface area contributed by atoms with E-state index in [4.69, 9.17) is 4.74 Å². The van der Waals surface area contributed by atoms with Crippen LogP contribution in [0.25, 0.3) is 0 Å². The molecule has 0 saturated carbocycles. The lowest BCUT2D eigenvalue weighted by Gasteiger charge is -2.34. The third-order valence-corrected chi connectivity index (χ3v) is 6.99. The molecule has 1 aliphatic heterocycles. The predicted octanol–water partition coefficient (Wildman–Crippen LogP) is 3.66. The van der Waals surface area contributed by atoms with Crippen LogP contribution in [-0.4, -0.2) is 18.6 Å². The summed E-state index contributed by atoms with van der Waals surface area (Å²) in [5.74, 6) is 3.61. The van der Waals surface area contributed by atoms with Crippen LogP contribution in [0.4, 0.5) is 0 Å². The monoisotopic (exact) mass is 252 g/mol. The number of aryl methyl sites for hydroxylation is 1. The van der Waals surface area contributed by atoms with Gasteiger partial charge in [0.2, 0.25) is 0 Å². The molecule has 1 spiro atoms. The number of rotatable bonds is 1. The Labute approximate surface area is 105 Å². The second kappa shape index (κ2) is 4.19. The van der Waals surface area contributed by atoms with E-state index in [1.54, 1.807) is 12.7 Å². The lowest BCUT2D eigenvalue weighted by molar-refractivity contribution is 0.413. The molecule has 1 saturated heterocycles. The molecule has 3 heteroatoms. The number of ether oxygens (including phenoxy) is 1. The van der Waals surface area contributed by atoms with Crippen LogP contribution in [0, 0.1) is 0 Å². The first-order valence-corrected chi connectivity index (χ1v) is 7.76. The summed E-state index contributed by atoms with van der Waals surface area (Å²) in [4.78, 5) is 0. The summed E-state index contributed by atoms with van der Waals surface area (Å²) in [6.07, 6.45) is 3.87. The Kier molecular flexibility index (Phi) is 2.84. The molecule has 3 rings (SSSR count). The number of hydrogen-bond acceptors (Lipinski definition) is 3. The molecule has 0 bridgehead atoms. The van der Waals surface area contributed by atoms with Gasteiger partial charge in [0.1, 0.15) is 5.75 Å². The predicted molar refractivity (Wildman–Crippen MR) is 72.5 cm³/mol. The molecule has 2 aliphatic rings. The third kappa shape index (κ3) is 1.65. The standard InChI is InChI=1S/C13H16OS2/c1-14-11-4-5-12-10(9-11)3-2-6-13(12)15-7-8-16-13/h4-5,9H,2-3,6-8H2,1H3. The molecule has 1 nitrogen and oxygen atoms in total. The zero-order valence-electron chi connectivity index (χ0n) is 9.49. The lowest BCUT2D eigenvalue weighted by Crippen LogP contribution is -2.21. The summed E-state index contributed by atoms with van der Waals surface area (Å²) < 4.78 is 5.69. The Hall–Kier alpha value is -0.280. The minimum Gasteiger partial charge on any atom is -0.497 e. The summed E-state index contributed by atoms with van der Waals surface area (Å²) >= 11 is 4.29. The van der Waals surface area contributed by atoms with Gasteiger partial charge in [-0.25, -0.2) is 0 Å². The average molecular weight is 252 g/mol. The van der Waals surface area contributed by atoms with Gasteiger partial charge in [-0.2, -0.15) is 0 Å². The highest BCUT2D eigenvalue weighted by atomic mass is 32.2. The van der Waals surface area contributed by atoms with Gasteiger partial charge in [-0.15, -0.1) is 23.5 Å². The summed E-state index contributed by atoms with van der Waals surface area (Å²) in [5.41, 5.74) is 3.07. The van der Waals surface area contributed by atoms with E-state index in [-0.39, 0.29) is 0 Å². The van der Waals surface area contributed by atoms with Crippen molar-refractivity contribution in [2.24, 2.45) is 0 Å². The van der Waals surface area contributed by atoms with Gasteiger partial charge in [-0.3, -0.25) is 0 Å². The molecule has 1 heterocycles. The van der Waals surface area contributed by atoms with Crippen molar-refractivity contribution in [2.75, 3.05) is 18.6 Å². The van der Waals surface area contributed by atoms with E-state index in [0.717, 1.165) is 5.75 Å². The lowest BCUT2D eigenvalue weighted by atomic mass is 9.90. The van der Waals surface area contributed by atoms with Crippen LogP contribution in [0.2, 0.25) is 0 Å². The molecule has 1 aromatic rings. The van der Waals surface area contributed by atoms with Crippen LogP contribution >= 0.6 is 23.5 Å². The maximum Gasteiger partial charge on any atom is 0.119 e. The first kappa shape index (κ1) is 10.8. The van der Waals surface area contributed by atoms with Crippen molar-refractivity contribution in [3.63, 3.8) is 0 Å². The highest BCUT2D eigenvalue weighted by molar-refractivity contribution is 8.20. The number of thioether (sulfide) groups is 2. The fourth-order valence-electron chi connectivity index (χ4n) is 2.68. The third-order valence-electron chi connectivity index (χ3n) is 3.43. The van der Waals surface area contributed by atoms with Crippen molar-refractivity contribution in [3.05, 3.63) is 29.3 Å². The molecule has 0 aromatic heterocycles. The molecule has 0 unspecified atom stereocenters. The Morgan fingerprint density at radius 3 is 2.81 bits per heavy atom. The first-order valence-electron chi connectivity index (χ1n) is 5.79. The molecular formula is C13H16OS2. The van der Waals surface area contributed by atoms with E-state index in [1.165, 1.54) is 36.3 Å². The summed E-state index contributed by atoms with van der Waals surface area (Å²) in [7, 11) is 1.75. The molecular weight excluding hydrogens is 236 g/mol. The normalized spacial score (nSPS) is 22.1. The smallest absolute Gasteiger partial charge is 0.119 e. The highest BCUT2D eigenvalue weighted by Gasteiger charge is 2.40. The molecule has 1 aliphatic carbocycles. The number of fused-ring (bicyclic) bond motifs is 2. The van der Waals surface area contributed by atoms with E-state index in [9.17, 15) is 0 Å². The van der Waals surface area contributed by atoms with E-state index in [2.05, 4.69) is 41.7 Å². The Morgan fingerprint density at radius 2 is 2.06 bits per heavy atom. The van der Waals surface area contributed by atoms with Crippen LogP contribution in [0.3, 0.4) is 0 Å². The second-order valence-electron chi connectivity index (χ2n) is 4.33. The van der Waals surface area contributed by atoms with E-state index in [0.29, 0.717) is 4.08 Å². The molecule has 1 aromatic carbocycles. The largest absolute Gasteiger partial charge is 0.497 e. The van der Waals surface area contributed by atoms with Gasteiger partial charge in [0.15, 0.2) is 0 Å². The fourth-order valence-corrected chi connectivity index (χ4v) is 6.12. The number of methoxy groups -OCH3 is 1. The van der Waals surface area contributed by atoms with Crippen LogP contribution in [-0.2, 0) is 10.5 Å². The molecule has 0 radical (unpaired) electrons. The summed E-state index contributed by atoms with van der Waals surface area (Å²) in [5, 5.41) is 0. The maximum atomic E-state index is 5.32. The highest BCUT2D eigenvalue weighted by Crippen LogP contribution is 2.57. The van der Waals surface area contributed by atoms with Gasteiger partial charge in [-0.05, 0) is 42.5 Å². The fraction of sp³-hybridized carbons (Fsp3) is 0.538. The van der Waals surface area contributed by atoms with Crippen molar-refractivity contribution >= 4 is 23.5 Å². The Balaban J connectivity index is 2.05. The van der Waals surface area contributed by atoms with Crippen LogP contribution < -0.4 is 4.74 Å². The summed E-state index contributed by atoms with van der Waals surface area (Å²) in [6, 6.07) is 6.64. The molecule has 1 fully saturated rings. The van der Waals surface area contributed by atoms with Gasteiger partial charge < -0.3 is 4.74 Å². The van der Waals surface area contributed by atoms with Gasteiger partial charge in [0.05, 0.1) is 11.2 Å². The van der Waals surface area contributed by atoms with E-state index < -0.39 is 0 Å². The van der Waals surface area contributed by atoms with Gasteiger partial charge in [0.25, 0.3) is 0 Å². The quantitative estimate of drug-likeness (QED) is 0.755. The van der Waals surface area contributed by atoms with Crippen LogP contribution in [0.1, 0.15) is 24.0 Å². The van der Waals surface area contributed by atoms with Crippen molar-refractivity contribution in [1.82, 2.24) is 0 Å². The Bertz CT molecular complexity index is 397. The Morgan fingerprint density at radius 1 is 1.25 bits per heavy atom. The van der Waals surface area contributed by atoms with Crippen molar-refractivity contribution in [2.45, 2.75) is 23.3 Å². The maximum absolute atomic E-state index is 5.32. The van der Waals surface area contributed by atoms with Crippen molar-refractivity contribution in [1.29, 1.82) is 0 Å². The number of hydrogen-bond donors (Lipinski definition) is 0. The molecule has 16 heavy (non-hydrogen) atoms. The van der Waals surface area contributed by atoms with E-state index >= 15 is 0 Å². The molecule has 86 valence electrons. The first-order chi connectivity index (χ1) is 7.84. The zero-order valence-corrected chi connectivity index (χ0v) is 11.1. The van der Waals surface area contributed by atoms with Gasteiger partial charge in [0, 0.05) is 11.5 Å². The molecule has 0 atom stereocenters. The SMILES string of the molecule is COc1ccc2c(c1)CCCC21SCCS1. The van der Waals surface area contributed by atoms with Crippen LogP contribution in [0.5, 0.6) is 5.75 Å². The minimum absolute atomic E-state index is 0.375. The number of benzene rings is 1. The zero-order chi connectivity index (χ0) is 11.0. The molecule has 0 N–H and O–H groups in total.